The van der Waals surface area contributed by atoms with Crippen LogP contribution in [0.1, 0.15) is 28.5 Å². The Bertz CT molecular complexity index is 1000. The van der Waals surface area contributed by atoms with Crippen molar-refractivity contribution in [2.75, 3.05) is 43.0 Å². The van der Waals surface area contributed by atoms with Crippen molar-refractivity contribution in [3.63, 3.8) is 0 Å². The van der Waals surface area contributed by atoms with E-state index in [4.69, 9.17) is 0 Å². The third kappa shape index (κ3) is 4.21. The number of hydrogen-bond donors (Lipinski definition) is 2. The number of aliphatic imine (C=N–C) groups is 1. The highest BCUT2D eigenvalue weighted by Crippen LogP contribution is 2.22. The molecule has 0 saturated carbocycles. The Hall–Kier alpha value is -3.42. The van der Waals surface area contributed by atoms with Gasteiger partial charge < -0.3 is 15.1 Å². The zero-order valence-corrected chi connectivity index (χ0v) is 17.0. The van der Waals surface area contributed by atoms with Gasteiger partial charge in [0, 0.05) is 44.5 Å². The van der Waals surface area contributed by atoms with Gasteiger partial charge in [0.05, 0.1) is 5.69 Å². The van der Waals surface area contributed by atoms with Crippen LogP contribution in [0.3, 0.4) is 0 Å². The third-order valence-electron chi connectivity index (χ3n) is 5.02. The van der Waals surface area contributed by atoms with E-state index in [1.54, 1.807) is 13.1 Å². The summed E-state index contributed by atoms with van der Waals surface area (Å²) in [6, 6.07) is 5.87. The number of amides is 1. The summed E-state index contributed by atoms with van der Waals surface area (Å²) < 4.78 is 0. The summed E-state index contributed by atoms with van der Waals surface area (Å²) in [6.07, 6.45) is 3.58. The number of anilines is 2. The Balaban J connectivity index is 1.76. The number of carbonyl (C=O) groups is 1. The number of nitrogens with one attached hydrogen (secondary N) is 2. The SMILES string of the molecule is C=Nc1c(/C=C\C)nc(N2CCN(c3ccc(C(=O)NC)c(C)c3)CC2)[nH]c1=O. The first-order chi connectivity index (χ1) is 14.0. The molecule has 2 aromatic rings. The number of aromatic amines is 1. The monoisotopic (exact) mass is 394 g/mol. The molecular weight excluding hydrogens is 368 g/mol. The Kier molecular flexibility index (Phi) is 6.11. The smallest absolute Gasteiger partial charge is 0.278 e. The van der Waals surface area contributed by atoms with Gasteiger partial charge in [-0.05, 0) is 50.4 Å². The number of carbonyl (C=O) groups excluding carboxylic acids is 1. The van der Waals surface area contributed by atoms with Crippen LogP contribution in [0.4, 0.5) is 17.3 Å². The van der Waals surface area contributed by atoms with Crippen molar-refractivity contribution in [2.45, 2.75) is 13.8 Å². The van der Waals surface area contributed by atoms with E-state index in [2.05, 4.69) is 36.8 Å². The molecule has 3 rings (SSSR count). The minimum atomic E-state index is -0.291. The summed E-state index contributed by atoms with van der Waals surface area (Å²) in [6.45, 7) is 10.3. The van der Waals surface area contributed by atoms with Crippen LogP contribution in [-0.4, -0.2) is 55.8 Å². The molecular formula is C21H26N6O2. The first-order valence-electron chi connectivity index (χ1n) is 9.54. The quantitative estimate of drug-likeness (QED) is 0.758. The van der Waals surface area contributed by atoms with Crippen molar-refractivity contribution in [1.29, 1.82) is 0 Å². The summed E-state index contributed by atoms with van der Waals surface area (Å²) in [5.74, 6) is 0.463. The molecule has 0 bridgehead atoms. The highest BCUT2D eigenvalue weighted by atomic mass is 16.1. The molecule has 1 fully saturated rings. The molecule has 2 heterocycles. The van der Waals surface area contributed by atoms with Gasteiger partial charge in [-0.2, -0.15) is 0 Å². The molecule has 0 aliphatic carbocycles. The molecule has 29 heavy (non-hydrogen) atoms. The number of nitrogens with zero attached hydrogens (tertiary/aromatic N) is 4. The largest absolute Gasteiger partial charge is 0.368 e. The second kappa shape index (κ2) is 8.72. The van der Waals surface area contributed by atoms with Crippen molar-refractivity contribution >= 4 is 36.0 Å². The number of benzene rings is 1. The number of allylic oxidation sites excluding steroid dienone is 1. The molecule has 1 saturated heterocycles. The van der Waals surface area contributed by atoms with E-state index in [0.717, 1.165) is 37.4 Å². The molecule has 0 atom stereocenters. The predicted molar refractivity (Wildman–Crippen MR) is 118 cm³/mol. The Labute approximate surface area is 170 Å². The Morgan fingerprint density at radius 2 is 1.97 bits per heavy atom. The lowest BCUT2D eigenvalue weighted by atomic mass is 10.1. The van der Waals surface area contributed by atoms with Crippen molar-refractivity contribution < 1.29 is 4.79 Å². The molecule has 0 radical (unpaired) electrons. The molecule has 0 unspecified atom stereocenters. The summed E-state index contributed by atoms with van der Waals surface area (Å²) >= 11 is 0. The summed E-state index contributed by atoms with van der Waals surface area (Å²) in [4.78, 5) is 39.7. The third-order valence-corrected chi connectivity index (χ3v) is 5.02. The van der Waals surface area contributed by atoms with E-state index >= 15 is 0 Å². The van der Waals surface area contributed by atoms with Gasteiger partial charge in [-0.25, -0.2) is 4.98 Å². The van der Waals surface area contributed by atoms with Crippen LogP contribution in [-0.2, 0) is 0 Å². The van der Waals surface area contributed by atoms with Gasteiger partial charge >= 0.3 is 0 Å². The average molecular weight is 394 g/mol. The molecule has 8 nitrogen and oxygen atoms in total. The molecule has 1 aliphatic heterocycles. The zero-order valence-electron chi connectivity index (χ0n) is 17.0. The second-order valence-electron chi connectivity index (χ2n) is 6.83. The second-order valence-corrected chi connectivity index (χ2v) is 6.83. The number of hydrogen-bond acceptors (Lipinski definition) is 6. The lowest BCUT2D eigenvalue weighted by Crippen LogP contribution is -2.47. The number of aromatic nitrogens is 2. The zero-order chi connectivity index (χ0) is 21.0. The van der Waals surface area contributed by atoms with Crippen LogP contribution >= 0.6 is 0 Å². The lowest BCUT2D eigenvalue weighted by molar-refractivity contribution is 0.0962. The first-order valence-corrected chi connectivity index (χ1v) is 9.54. The van der Waals surface area contributed by atoms with Crippen molar-refractivity contribution in [1.82, 2.24) is 15.3 Å². The van der Waals surface area contributed by atoms with Gasteiger partial charge in [0.2, 0.25) is 5.95 Å². The number of aryl methyl sites for hydroxylation is 1. The van der Waals surface area contributed by atoms with Gasteiger partial charge in [-0.15, -0.1) is 0 Å². The van der Waals surface area contributed by atoms with Crippen LogP contribution in [0, 0.1) is 6.92 Å². The van der Waals surface area contributed by atoms with Gasteiger partial charge in [-0.1, -0.05) is 6.08 Å². The number of H-pyrrole nitrogens is 1. The maximum absolute atomic E-state index is 12.3. The van der Waals surface area contributed by atoms with Crippen LogP contribution in [0.5, 0.6) is 0 Å². The van der Waals surface area contributed by atoms with Crippen molar-refractivity contribution in [2.24, 2.45) is 4.99 Å². The Morgan fingerprint density at radius 3 is 2.55 bits per heavy atom. The fourth-order valence-electron chi connectivity index (χ4n) is 3.46. The van der Waals surface area contributed by atoms with E-state index in [0.29, 0.717) is 17.2 Å². The van der Waals surface area contributed by atoms with Crippen LogP contribution in [0.25, 0.3) is 6.08 Å². The van der Waals surface area contributed by atoms with Crippen molar-refractivity contribution in [3.8, 4) is 0 Å². The van der Waals surface area contributed by atoms with Crippen LogP contribution in [0.2, 0.25) is 0 Å². The minimum Gasteiger partial charge on any atom is -0.368 e. The molecule has 1 amide bonds. The minimum absolute atomic E-state index is 0.0803. The highest BCUT2D eigenvalue weighted by Gasteiger charge is 2.21. The molecule has 1 aromatic carbocycles. The summed E-state index contributed by atoms with van der Waals surface area (Å²) in [5, 5.41) is 2.66. The van der Waals surface area contributed by atoms with Crippen LogP contribution in [0.15, 0.2) is 34.1 Å². The maximum Gasteiger partial charge on any atom is 0.278 e. The van der Waals surface area contributed by atoms with E-state index < -0.39 is 0 Å². The molecule has 1 aliphatic rings. The van der Waals surface area contributed by atoms with E-state index in [9.17, 15) is 9.59 Å². The first kappa shape index (κ1) is 20.3. The molecule has 1 aromatic heterocycles. The molecule has 8 heteroatoms. The van der Waals surface area contributed by atoms with Gasteiger partial charge in [-0.3, -0.25) is 19.6 Å². The van der Waals surface area contributed by atoms with Crippen LogP contribution < -0.4 is 20.7 Å². The average Bonchev–Trinajstić information content (AvgIpc) is 2.73. The number of rotatable bonds is 5. The fourth-order valence-corrected chi connectivity index (χ4v) is 3.46. The Morgan fingerprint density at radius 1 is 1.28 bits per heavy atom. The van der Waals surface area contributed by atoms with Crippen molar-refractivity contribution in [3.05, 3.63) is 51.4 Å². The summed E-state index contributed by atoms with van der Waals surface area (Å²) in [5.41, 5.74) is 3.17. The fraction of sp³-hybridized carbons (Fsp3) is 0.333. The van der Waals surface area contributed by atoms with Gasteiger partial charge in [0.15, 0.2) is 5.69 Å². The standard InChI is InChI=1S/C21H26N6O2/c1-5-6-17-18(22-3)20(29)25-21(24-17)27-11-9-26(10-12-27)15-7-8-16(14(2)13-15)19(28)23-4/h5-8,13H,3,9-12H2,1-2,4H3,(H,23,28)(H,24,25,29)/b6-5-. The lowest BCUT2D eigenvalue weighted by Gasteiger charge is -2.36. The topological polar surface area (TPSA) is 93.7 Å². The molecule has 0 spiro atoms. The normalized spacial score (nSPS) is 14.3. The highest BCUT2D eigenvalue weighted by molar-refractivity contribution is 5.95. The van der Waals surface area contributed by atoms with E-state index in [1.807, 2.05) is 38.1 Å². The van der Waals surface area contributed by atoms with E-state index in [-0.39, 0.29) is 17.2 Å². The van der Waals surface area contributed by atoms with E-state index in [1.165, 1.54) is 0 Å². The molecule has 2 N–H and O–H groups in total. The summed E-state index contributed by atoms with van der Waals surface area (Å²) in [7, 11) is 1.63. The van der Waals surface area contributed by atoms with Gasteiger partial charge in [0.25, 0.3) is 11.5 Å². The molecule has 152 valence electrons. The number of piperazine rings is 1. The predicted octanol–water partition coefficient (Wildman–Crippen LogP) is 2.13. The maximum atomic E-state index is 12.3. The van der Waals surface area contributed by atoms with Gasteiger partial charge in [0.1, 0.15) is 0 Å².